The highest BCUT2D eigenvalue weighted by atomic mass is 16.6. The van der Waals surface area contributed by atoms with E-state index in [0.717, 1.165) is 13.4 Å². The summed E-state index contributed by atoms with van der Waals surface area (Å²) < 4.78 is 1.46. The van der Waals surface area contributed by atoms with E-state index in [-0.39, 0.29) is 0 Å². The van der Waals surface area contributed by atoms with Crippen LogP contribution in [-0.2, 0) is 0 Å². The average Bonchev–Trinajstić information content (AvgIpc) is 2.21. The lowest BCUT2D eigenvalue weighted by Gasteiger charge is -1.88. The number of carbonyl (C=O) groups excluding carboxylic acids is 1. The number of pyridine rings is 1. The summed E-state index contributed by atoms with van der Waals surface area (Å²) in [5.41, 5.74) is 0.601. The molecule has 0 aliphatic rings. The smallest absolute Gasteiger partial charge is 0.232 e. The van der Waals surface area contributed by atoms with E-state index in [4.69, 9.17) is 9.94 Å². The monoisotopic (exact) mass is 170 g/mol. The molecule has 0 radical (unpaired) electrons. The lowest BCUT2D eigenvalue weighted by molar-refractivity contribution is -0.885. The first kappa shape index (κ1) is 10.6. The van der Waals surface area contributed by atoms with Crippen molar-refractivity contribution in [3.63, 3.8) is 0 Å². The van der Waals surface area contributed by atoms with Crippen LogP contribution in [-0.4, -0.2) is 25.6 Å². The van der Waals surface area contributed by atoms with E-state index in [1.54, 1.807) is 24.5 Å². The van der Waals surface area contributed by atoms with Gasteiger partial charge in [-0.05, 0) is 6.07 Å². The van der Waals surface area contributed by atoms with Crippen LogP contribution in [0.4, 0.5) is 0 Å². The van der Waals surface area contributed by atoms with Gasteiger partial charge in [0.05, 0.1) is 5.56 Å². The molecule has 1 rings (SSSR count). The Morgan fingerprint density at radius 1 is 1.58 bits per heavy atom. The van der Waals surface area contributed by atoms with Crippen molar-refractivity contribution in [1.29, 1.82) is 0 Å². The van der Waals surface area contributed by atoms with Crippen molar-refractivity contribution < 1.29 is 19.5 Å². The molecule has 1 aromatic heterocycles. The molecule has 0 atom stereocenters. The molecule has 0 aromatic carbocycles. The van der Waals surface area contributed by atoms with Crippen LogP contribution < -0.4 is 9.57 Å². The molecule has 0 aliphatic heterocycles. The number of rotatable bonds is 2. The topological polar surface area (TPSA) is 50.4 Å². The summed E-state index contributed by atoms with van der Waals surface area (Å²) in [5.74, 6) is 0. The normalized spacial score (nSPS) is 7.92. The van der Waals surface area contributed by atoms with E-state index in [9.17, 15) is 4.79 Å². The van der Waals surface area contributed by atoms with Crippen molar-refractivity contribution >= 4 is 6.29 Å². The van der Waals surface area contributed by atoms with Crippen molar-refractivity contribution in [1.82, 2.24) is 0 Å². The van der Waals surface area contributed by atoms with Gasteiger partial charge < -0.3 is 5.11 Å². The Bertz CT molecular complexity index is 237. The molecule has 4 heteroatoms. The first-order valence-corrected chi connectivity index (χ1v) is 3.32. The highest BCUT2D eigenvalue weighted by molar-refractivity contribution is 5.73. The summed E-state index contributed by atoms with van der Waals surface area (Å²) in [7, 11) is 2.54. The molecule has 1 heterocycles. The van der Waals surface area contributed by atoms with E-state index in [2.05, 4.69) is 0 Å². The average molecular weight is 170 g/mol. The molecular weight excluding hydrogens is 158 g/mol. The second kappa shape index (κ2) is 6.30. The zero-order valence-electron chi connectivity index (χ0n) is 7.10. The molecule has 0 bridgehead atoms. The van der Waals surface area contributed by atoms with Crippen molar-refractivity contribution in [3.8, 4) is 0 Å². The molecule has 1 aromatic rings. The number of aliphatic hydroxyl groups is 1. The van der Waals surface area contributed by atoms with E-state index in [1.165, 1.54) is 11.8 Å². The first-order valence-electron chi connectivity index (χ1n) is 3.32. The Labute approximate surface area is 71.0 Å². The number of carbonyl (C=O) groups is 1. The van der Waals surface area contributed by atoms with Gasteiger partial charge in [0, 0.05) is 17.9 Å². The Kier molecular flexibility index (Phi) is 5.55. The molecule has 1 N–H and O–H groups in total. The van der Waals surface area contributed by atoms with Crippen LogP contribution in [0.15, 0.2) is 24.5 Å². The van der Waals surface area contributed by atoms with E-state index >= 15 is 0 Å². The fourth-order valence-electron chi connectivity index (χ4n) is 0.655. The van der Waals surface area contributed by atoms with E-state index in [0.29, 0.717) is 5.56 Å². The van der Waals surface area contributed by atoms with Gasteiger partial charge in [0.25, 0.3) is 0 Å². The predicted octanol–water partition coefficient (Wildman–Crippen LogP) is -0.546. The fraction of sp³-hybridized carbons (Fsp3) is 0.250. The summed E-state index contributed by atoms with van der Waals surface area (Å²) in [6.07, 6.45) is 4.09. The summed E-state index contributed by atoms with van der Waals surface area (Å²) in [4.78, 5) is 15.0. The molecule has 0 amide bonds. The van der Waals surface area contributed by atoms with Gasteiger partial charge in [-0.25, -0.2) is 0 Å². The van der Waals surface area contributed by atoms with Crippen molar-refractivity contribution in [2.45, 2.75) is 0 Å². The molecule has 0 spiro atoms. The third kappa shape index (κ3) is 3.12. The van der Waals surface area contributed by atoms with Gasteiger partial charge in [0.2, 0.25) is 12.4 Å². The Hall–Kier alpha value is -1.42. The molecule has 0 fully saturated rings. The minimum absolute atomic E-state index is 0.601. The molecule has 12 heavy (non-hydrogen) atoms. The van der Waals surface area contributed by atoms with E-state index < -0.39 is 0 Å². The van der Waals surface area contributed by atoms with Crippen LogP contribution in [0.2, 0.25) is 0 Å². The Morgan fingerprint density at radius 3 is 2.75 bits per heavy atom. The van der Waals surface area contributed by atoms with Gasteiger partial charge in [-0.2, -0.15) is 0 Å². The quantitative estimate of drug-likeness (QED) is 0.478. The number of hydrogen-bond acceptors (Lipinski definition) is 3. The largest absolute Gasteiger partial charge is 0.400 e. The zero-order valence-corrected chi connectivity index (χ0v) is 7.10. The van der Waals surface area contributed by atoms with Crippen LogP contribution >= 0.6 is 0 Å². The number of aliphatic hydroxyl groups excluding tert-OH is 1. The minimum Gasteiger partial charge on any atom is -0.400 e. The molecule has 0 unspecified atom stereocenters. The zero-order chi connectivity index (χ0) is 9.40. The van der Waals surface area contributed by atoms with Crippen LogP contribution in [0, 0.1) is 0 Å². The predicted molar refractivity (Wildman–Crippen MR) is 42.7 cm³/mol. The van der Waals surface area contributed by atoms with Crippen molar-refractivity contribution in [2.75, 3.05) is 14.2 Å². The van der Waals surface area contributed by atoms with E-state index in [1.807, 2.05) is 0 Å². The second-order valence-electron chi connectivity index (χ2n) is 1.80. The molecule has 0 saturated heterocycles. The maximum atomic E-state index is 10.2. The van der Waals surface area contributed by atoms with Crippen LogP contribution in [0.3, 0.4) is 0 Å². The highest BCUT2D eigenvalue weighted by Gasteiger charge is 1.98. The number of aromatic nitrogens is 1. The minimum atomic E-state index is 0.601. The van der Waals surface area contributed by atoms with Crippen LogP contribution in [0.25, 0.3) is 0 Å². The Morgan fingerprint density at radius 2 is 2.25 bits per heavy atom. The maximum absolute atomic E-state index is 10.2. The standard InChI is InChI=1S/C7H8NO2.CH4O/c1-10-8-4-2-3-7(5-8)6-9;1-2/h2-6H,1H3;2H,1H3/q+1;. The molecule has 4 nitrogen and oxygen atoms in total. The third-order valence-electron chi connectivity index (χ3n) is 1.14. The highest BCUT2D eigenvalue weighted by Crippen LogP contribution is 1.86. The summed E-state index contributed by atoms with van der Waals surface area (Å²) in [5, 5.41) is 7.00. The lowest BCUT2D eigenvalue weighted by Crippen LogP contribution is -2.39. The van der Waals surface area contributed by atoms with Gasteiger partial charge in [0.1, 0.15) is 7.11 Å². The summed E-state index contributed by atoms with van der Waals surface area (Å²) in [6, 6.07) is 3.45. The Balaban J connectivity index is 0.000000561. The van der Waals surface area contributed by atoms with Crippen LogP contribution in [0.5, 0.6) is 0 Å². The molecular formula is C8H12NO3+. The molecule has 66 valence electrons. The first-order chi connectivity index (χ1) is 5.86. The van der Waals surface area contributed by atoms with Gasteiger partial charge >= 0.3 is 0 Å². The van der Waals surface area contributed by atoms with Crippen LogP contribution in [0.1, 0.15) is 10.4 Å². The second-order valence-corrected chi connectivity index (χ2v) is 1.80. The maximum Gasteiger partial charge on any atom is 0.232 e. The molecule has 0 aliphatic carbocycles. The summed E-state index contributed by atoms with van der Waals surface area (Å²) in [6.45, 7) is 0. The number of aldehydes is 1. The lowest BCUT2D eigenvalue weighted by atomic mass is 10.3. The third-order valence-corrected chi connectivity index (χ3v) is 1.14. The van der Waals surface area contributed by atoms with Gasteiger partial charge in [-0.15, -0.1) is 0 Å². The number of hydrogen-bond donors (Lipinski definition) is 1. The van der Waals surface area contributed by atoms with Gasteiger partial charge in [0.15, 0.2) is 6.29 Å². The fourth-order valence-corrected chi connectivity index (χ4v) is 0.655. The summed E-state index contributed by atoms with van der Waals surface area (Å²) >= 11 is 0. The molecule has 0 saturated carbocycles. The van der Waals surface area contributed by atoms with Gasteiger partial charge in [-0.1, -0.05) is 0 Å². The SMILES string of the molecule is CO.CO[n+]1cccc(C=O)c1. The number of nitrogens with zero attached hydrogens (tertiary/aromatic N) is 1. The van der Waals surface area contributed by atoms with Gasteiger partial charge in [-0.3, -0.25) is 9.63 Å². The van der Waals surface area contributed by atoms with Crippen molar-refractivity contribution in [2.24, 2.45) is 0 Å². The van der Waals surface area contributed by atoms with Crippen molar-refractivity contribution in [3.05, 3.63) is 30.1 Å².